The van der Waals surface area contributed by atoms with E-state index < -0.39 is 0 Å². The molecule has 1 aliphatic carbocycles. The minimum absolute atomic E-state index is 0.468. The molecule has 0 fully saturated rings. The number of likely N-dealkylation sites (N-methyl/N-ethyl adjacent to an activating group) is 1. The van der Waals surface area contributed by atoms with Crippen LogP contribution in [-0.2, 0) is 6.42 Å². The van der Waals surface area contributed by atoms with Gasteiger partial charge in [-0.1, -0.05) is 22.0 Å². The van der Waals surface area contributed by atoms with Gasteiger partial charge in [-0.05, 0) is 48.6 Å². The van der Waals surface area contributed by atoms with Crippen molar-refractivity contribution in [2.75, 3.05) is 7.05 Å². The molecule has 3 rings (SSSR count). The van der Waals surface area contributed by atoms with Crippen LogP contribution in [0.1, 0.15) is 24.5 Å². The standard InChI is InChI=1S/C13H15BrN2/c1-8-13-11-5-4-10(14)7-9(11)3-6-12(13)15-16(8)2/h4-5,7-8,15H,3,6H2,1-2H3. The Balaban J connectivity index is 2.13. The van der Waals surface area contributed by atoms with Gasteiger partial charge >= 0.3 is 0 Å². The van der Waals surface area contributed by atoms with Crippen molar-refractivity contribution in [1.82, 2.24) is 10.4 Å². The summed E-state index contributed by atoms with van der Waals surface area (Å²) in [7, 11) is 2.11. The Labute approximate surface area is 104 Å². The lowest BCUT2D eigenvalue weighted by Gasteiger charge is -2.20. The second-order valence-corrected chi connectivity index (χ2v) is 5.51. The molecule has 0 bridgehead atoms. The van der Waals surface area contributed by atoms with Crippen LogP contribution in [0.2, 0.25) is 0 Å². The predicted octanol–water partition coefficient (Wildman–Crippen LogP) is 2.94. The summed E-state index contributed by atoms with van der Waals surface area (Å²) in [6, 6.07) is 7.10. The number of nitrogens with one attached hydrogen (secondary N) is 1. The molecule has 3 heteroatoms. The van der Waals surface area contributed by atoms with Crippen LogP contribution in [0.15, 0.2) is 28.4 Å². The van der Waals surface area contributed by atoms with Crippen LogP contribution in [-0.4, -0.2) is 18.1 Å². The molecule has 0 amide bonds. The maximum atomic E-state index is 3.55. The summed E-state index contributed by atoms with van der Waals surface area (Å²) in [5, 5.41) is 2.20. The molecule has 0 aromatic heterocycles. The SMILES string of the molecule is CC1C2=C(CCc3cc(Br)ccc32)NN1C. The molecule has 1 aromatic rings. The number of hydrazine groups is 1. The Morgan fingerprint density at radius 1 is 1.38 bits per heavy atom. The van der Waals surface area contributed by atoms with Crippen LogP contribution in [0.5, 0.6) is 0 Å². The molecule has 1 aliphatic heterocycles. The molecule has 0 spiro atoms. The van der Waals surface area contributed by atoms with Crippen molar-refractivity contribution in [3.63, 3.8) is 0 Å². The largest absolute Gasteiger partial charge is 0.322 e. The van der Waals surface area contributed by atoms with E-state index in [4.69, 9.17) is 0 Å². The lowest BCUT2D eigenvalue weighted by molar-refractivity contribution is 0.261. The van der Waals surface area contributed by atoms with E-state index >= 15 is 0 Å². The van der Waals surface area contributed by atoms with Gasteiger partial charge in [0.05, 0.1) is 6.04 Å². The Bertz CT molecular complexity index is 479. The fraction of sp³-hybridized carbons (Fsp3) is 0.385. The summed E-state index contributed by atoms with van der Waals surface area (Å²) >= 11 is 3.55. The fourth-order valence-electron chi connectivity index (χ4n) is 2.69. The fourth-order valence-corrected chi connectivity index (χ4v) is 3.09. The Hall–Kier alpha value is -0.800. The van der Waals surface area contributed by atoms with Crippen LogP contribution in [0, 0.1) is 0 Å². The summed E-state index contributed by atoms with van der Waals surface area (Å²) < 4.78 is 1.18. The number of aryl methyl sites for hydroxylation is 1. The zero-order valence-corrected chi connectivity index (χ0v) is 11.1. The van der Waals surface area contributed by atoms with E-state index in [0.717, 1.165) is 12.8 Å². The molecule has 84 valence electrons. The zero-order chi connectivity index (χ0) is 11.3. The van der Waals surface area contributed by atoms with Gasteiger partial charge in [-0.25, -0.2) is 5.01 Å². The molecule has 1 unspecified atom stereocenters. The van der Waals surface area contributed by atoms with Crippen molar-refractivity contribution >= 4 is 21.5 Å². The monoisotopic (exact) mass is 278 g/mol. The van der Waals surface area contributed by atoms with E-state index in [2.05, 4.69) is 58.5 Å². The summed E-state index contributed by atoms with van der Waals surface area (Å²) in [5.41, 5.74) is 9.25. The second-order valence-electron chi connectivity index (χ2n) is 4.59. The Morgan fingerprint density at radius 3 is 3.00 bits per heavy atom. The van der Waals surface area contributed by atoms with Crippen LogP contribution >= 0.6 is 15.9 Å². The highest BCUT2D eigenvalue weighted by molar-refractivity contribution is 9.10. The van der Waals surface area contributed by atoms with Gasteiger partial charge < -0.3 is 5.43 Å². The maximum absolute atomic E-state index is 3.55. The van der Waals surface area contributed by atoms with Crippen molar-refractivity contribution in [2.24, 2.45) is 0 Å². The topological polar surface area (TPSA) is 15.3 Å². The number of benzene rings is 1. The van der Waals surface area contributed by atoms with Gasteiger partial charge in [-0.3, -0.25) is 0 Å². The number of nitrogens with zero attached hydrogens (tertiary/aromatic N) is 1. The molecule has 1 atom stereocenters. The van der Waals surface area contributed by atoms with E-state index in [0.29, 0.717) is 6.04 Å². The number of halogens is 1. The third-order valence-corrected chi connectivity index (χ3v) is 4.13. The van der Waals surface area contributed by atoms with E-state index in [9.17, 15) is 0 Å². The summed E-state index contributed by atoms with van der Waals surface area (Å²) in [4.78, 5) is 0. The van der Waals surface area contributed by atoms with E-state index in [-0.39, 0.29) is 0 Å². The molecule has 1 aromatic carbocycles. The van der Waals surface area contributed by atoms with Gasteiger partial charge in [0.1, 0.15) is 0 Å². The van der Waals surface area contributed by atoms with Gasteiger partial charge in [-0.2, -0.15) is 0 Å². The molecular weight excluding hydrogens is 264 g/mol. The Morgan fingerprint density at radius 2 is 2.19 bits per heavy atom. The van der Waals surface area contributed by atoms with Crippen molar-refractivity contribution in [3.8, 4) is 0 Å². The van der Waals surface area contributed by atoms with Gasteiger partial charge in [0.2, 0.25) is 0 Å². The molecule has 2 nitrogen and oxygen atoms in total. The van der Waals surface area contributed by atoms with Gasteiger partial charge in [0.25, 0.3) is 0 Å². The number of hydrogen-bond acceptors (Lipinski definition) is 2. The minimum Gasteiger partial charge on any atom is -0.322 e. The molecule has 2 aliphatic rings. The van der Waals surface area contributed by atoms with Gasteiger partial charge in [-0.15, -0.1) is 0 Å². The van der Waals surface area contributed by atoms with Crippen molar-refractivity contribution in [2.45, 2.75) is 25.8 Å². The predicted molar refractivity (Wildman–Crippen MR) is 69.7 cm³/mol. The molecule has 16 heavy (non-hydrogen) atoms. The third-order valence-electron chi connectivity index (χ3n) is 3.64. The summed E-state index contributed by atoms with van der Waals surface area (Å²) in [5.74, 6) is 0. The highest BCUT2D eigenvalue weighted by Crippen LogP contribution is 2.38. The first-order valence-electron chi connectivity index (χ1n) is 5.68. The van der Waals surface area contributed by atoms with Gasteiger partial charge in [0, 0.05) is 17.2 Å². The van der Waals surface area contributed by atoms with E-state index in [1.807, 2.05) is 0 Å². The van der Waals surface area contributed by atoms with Crippen LogP contribution in [0.25, 0.3) is 5.57 Å². The first-order valence-corrected chi connectivity index (χ1v) is 6.47. The maximum Gasteiger partial charge on any atom is 0.0532 e. The summed E-state index contributed by atoms with van der Waals surface area (Å²) in [6.45, 7) is 2.26. The lowest BCUT2D eigenvalue weighted by Crippen LogP contribution is -2.33. The lowest BCUT2D eigenvalue weighted by atomic mass is 9.86. The molecule has 1 heterocycles. The first kappa shape index (κ1) is 10.4. The average molecular weight is 279 g/mol. The van der Waals surface area contributed by atoms with Crippen LogP contribution in [0.3, 0.4) is 0 Å². The zero-order valence-electron chi connectivity index (χ0n) is 9.55. The highest BCUT2D eigenvalue weighted by atomic mass is 79.9. The normalized spacial score (nSPS) is 24.1. The van der Waals surface area contributed by atoms with Crippen LogP contribution < -0.4 is 5.43 Å². The van der Waals surface area contributed by atoms with E-state index in [1.165, 1.54) is 26.9 Å². The first-order chi connectivity index (χ1) is 7.66. The van der Waals surface area contributed by atoms with Crippen molar-refractivity contribution < 1.29 is 0 Å². The third kappa shape index (κ3) is 1.42. The second kappa shape index (κ2) is 3.60. The Kier molecular flexibility index (Phi) is 2.33. The highest BCUT2D eigenvalue weighted by Gasteiger charge is 2.31. The number of fused-ring (bicyclic) bond motifs is 2. The summed E-state index contributed by atoms with van der Waals surface area (Å²) in [6.07, 6.45) is 2.27. The van der Waals surface area contributed by atoms with Crippen LogP contribution in [0.4, 0.5) is 0 Å². The average Bonchev–Trinajstić information content (AvgIpc) is 2.55. The molecular formula is C13H15BrN2. The van der Waals surface area contributed by atoms with E-state index in [1.54, 1.807) is 0 Å². The van der Waals surface area contributed by atoms with Crippen molar-refractivity contribution in [3.05, 3.63) is 39.5 Å². The van der Waals surface area contributed by atoms with Gasteiger partial charge in [0.15, 0.2) is 0 Å². The molecule has 1 N–H and O–H groups in total. The quantitative estimate of drug-likeness (QED) is 0.785. The molecule has 0 saturated heterocycles. The number of rotatable bonds is 0. The minimum atomic E-state index is 0.468. The molecule has 0 saturated carbocycles. The smallest absolute Gasteiger partial charge is 0.0532 e. The van der Waals surface area contributed by atoms with Crippen molar-refractivity contribution in [1.29, 1.82) is 0 Å². The molecule has 0 radical (unpaired) electrons. The number of hydrogen-bond donors (Lipinski definition) is 1. The number of allylic oxidation sites excluding steroid dienone is 1.